The summed E-state index contributed by atoms with van der Waals surface area (Å²) in [6.45, 7) is 4.83. The molecular formula is C20H31NO2. The van der Waals surface area contributed by atoms with Crippen molar-refractivity contribution >= 4 is 11.5 Å². The van der Waals surface area contributed by atoms with Crippen molar-refractivity contribution in [1.29, 1.82) is 0 Å². The van der Waals surface area contributed by atoms with Crippen LogP contribution in [0.15, 0.2) is 5.16 Å². The van der Waals surface area contributed by atoms with Gasteiger partial charge in [-0.25, -0.2) is 0 Å². The summed E-state index contributed by atoms with van der Waals surface area (Å²) in [4.78, 5) is 17.5. The van der Waals surface area contributed by atoms with Crippen molar-refractivity contribution in [2.24, 2.45) is 39.7 Å². The molecule has 23 heavy (non-hydrogen) atoms. The van der Waals surface area contributed by atoms with Crippen molar-refractivity contribution in [2.75, 3.05) is 7.11 Å². The maximum Gasteiger partial charge on any atom is 0.139 e. The van der Waals surface area contributed by atoms with Crippen molar-refractivity contribution in [2.45, 2.75) is 71.6 Å². The van der Waals surface area contributed by atoms with Crippen LogP contribution in [-0.4, -0.2) is 18.6 Å². The largest absolute Gasteiger partial charge is 0.399 e. The van der Waals surface area contributed by atoms with E-state index in [-0.39, 0.29) is 5.41 Å². The van der Waals surface area contributed by atoms with Crippen molar-refractivity contribution in [1.82, 2.24) is 0 Å². The van der Waals surface area contributed by atoms with Gasteiger partial charge in [-0.1, -0.05) is 19.0 Å². The zero-order valence-electron chi connectivity index (χ0n) is 14.9. The molecule has 4 saturated carbocycles. The molecule has 4 rings (SSSR count). The Morgan fingerprint density at radius 2 is 1.87 bits per heavy atom. The minimum absolute atomic E-state index is 0.0156. The number of carbonyl (C=O) groups excluding carboxylic acids is 1. The number of rotatable bonds is 1. The van der Waals surface area contributed by atoms with Crippen molar-refractivity contribution in [3.8, 4) is 0 Å². The smallest absolute Gasteiger partial charge is 0.139 e. The second kappa shape index (κ2) is 5.32. The fourth-order valence-electron chi connectivity index (χ4n) is 7.04. The molecule has 0 radical (unpaired) electrons. The van der Waals surface area contributed by atoms with E-state index >= 15 is 0 Å². The van der Waals surface area contributed by atoms with Gasteiger partial charge >= 0.3 is 0 Å². The Bertz CT molecular complexity index is 542. The number of carbonyl (C=O) groups is 1. The first-order valence-electron chi connectivity index (χ1n) is 9.61. The molecule has 0 N–H and O–H groups in total. The van der Waals surface area contributed by atoms with Gasteiger partial charge in [-0.2, -0.15) is 0 Å². The molecule has 0 aromatic rings. The zero-order valence-corrected chi connectivity index (χ0v) is 14.9. The van der Waals surface area contributed by atoms with Gasteiger partial charge in [0.05, 0.1) is 5.71 Å². The summed E-state index contributed by atoms with van der Waals surface area (Å²) in [5, 5.41) is 4.26. The molecule has 128 valence electrons. The fraction of sp³-hybridized carbons (Fsp3) is 0.900. The highest BCUT2D eigenvalue weighted by Crippen LogP contribution is 2.65. The number of hydrogen-bond acceptors (Lipinski definition) is 3. The predicted molar refractivity (Wildman–Crippen MR) is 91.2 cm³/mol. The molecule has 4 aliphatic carbocycles. The minimum Gasteiger partial charge on any atom is -0.399 e. The molecular weight excluding hydrogens is 286 g/mol. The zero-order chi connectivity index (χ0) is 16.2. The second-order valence-electron chi connectivity index (χ2n) is 9.12. The highest BCUT2D eigenvalue weighted by atomic mass is 16.6. The van der Waals surface area contributed by atoms with Crippen molar-refractivity contribution < 1.29 is 9.63 Å². The number of nitrogens with zero attached hydrogens (tertiary/aromatic N) is 1. The maximum absolute atomic E-state index is 12.5. The summed E-state index contributed by atoms with van der Waals surface area (Å²) in [6.07, 6.45) is 10.6. The summed E-state index contributed by atoms with van der Waals surface area (Å²) in [6, 6.07) is 0. The summed E-state index contributed by atoms with van der Waals surface area (Å²) < 4.78 is 0. The van der Waals surface area contributed by atoms with Gasteiger partial charge in [-0.3, -0.25) is 4.79 Å². The monoisotopic (exact) mass is 317 g/mol. The normalized spacial score (nSPS) is 51.1. The minimum atomic E-state index is 0.0156. The molecule has 3 nitrogen and oxygen atoms in total. The summed E-state index contributed by atoms with van der Waals surface area (Å²) in [7, 11) is 1.66. The third-order valence-electron chi connectivity index (χ3n) is 8.43. The molecule has 0 aliphatic heterocycles. The molecule has 3 heteroatoms. The van der Waals surface area contributed by atoms with E-state index < -0.39 is 0 Å². The SMILES string of the molecule is CON=C1CC[C@@]2(C)C(CC[C@@H]3[C@@H]2CC[C@]2(C)C(=O)CC[C@@H]32)C1. The molecule has 0 aromatic heterocycles. The highest BCUT2D eigenvalue weighted by Gasteiger charge is 2.59. The number of oxime groups is 1. The summed E-state index contributed by atoms with van der Waals surface area (Å²) in [5.41, 5.74) is 1.75. The average molecular weight is 317 g/mol. The van der Waals surface area contributed by atoms with Crippen molar-refractivity contribution in [3.05, 3.63) is 0 Å². The number of fused-ring (bicyclic) bond motifs is 5. The van der Waals surface area contributed by atoms with E-state index in [2.05, 4.69) is 19.0 Å². The second-order valence-corrected chi connectivity index (χ2v) is 9.12. The van der Waals surface area contributed by atoms with Crippen LogP contribution in [0.1, 0.15) is 71.6 Å². The van der Waals surface area contributed by atoms with Crippen LogP contribution in [0.2, 0.25) is 0 Å². The summed E-state index contributed by atoms with van der Waals surface area (Å²) >= 11 is 0. The Balaban J connectivity index is 1.60. The standard InChI is InChI=1S/C20H31NO2/c1-19-10-8-14(21-23-3)12-13(19)4-5-15-16-6-7-18(22)20(16,2)11-9-17(15)19/h13,15-17H,4-12H2,1-3H3/t13?,15-,16-,17-,19-,20-/m0/s1. The quantitative estimate of drug-likeness (QED) is 0.663. The van der Waals surface area contributed by atoms with Gasteiger partial charge in [0, 0.05) is 11.8 Å². The van der Waals surface area contributed by atoms with Crippen LogP contribution in [-0.2, 0) is 9.63 Å². The summed E-state index contributed by atoms with van der Waals surface area (Å²) in [5.74, 6) is 3.62. The number of Topliss-reactive ketones (excluding diaryl/α,β-unsaturated/α-hetero) is 1. The van der Waals surface area contributed by atoms with E-state index in [0.29, 0.717) is 17.1 Å². The molecule has 0 amide bonds. The molecule has 0 aromatic carbocycles. The molecule has 4 fully saturated rings. The molecule has 0 spiro atoms. The van der Waals surface area contributed by atoms with Crippen LogP contribution in [0.25, 0.3) is 0 Å². The lowest BCUT2D eigenvalue weighted by molar-refractivity contribution is -0.137. The molecule has 6 atom stereocenters. The third-order valence-corrected chi connectivity index (χ3v) is 8.43. The Morgan fingerprint density at radius 3 is 2.65 bits per heavy atom. The Hall–Kier alpha value is -0.860. The van der Waals surface area contributed by atoms with Gasteiger partial charge in [0.1, 0.15) is 12.9 Å². The fourth-order valence-corrected chi connectivity index (χ4v) is 7.04. The van der Waals surface area contributed by atoms with E-state index in [1.54, 1.807) is 7.11 Å². The highest BCUT2D eigenvalue weighted by molar-refractivity contribution is 5.87. The predicted octanol–water partition coefficient (Wildman–Crippen LogP) is 4.60. The van der Waals surface area contributed by atoms with Gasteiger partial charge in [0.2, 0.25) is 0 Å². The Kier molecular flexibility index (Phi) is 3.62. The maximum atomic E-state index is 12.5. The molecule has 0 bridgehead atoms. The van der Waals surface area contributed by atoms with E-state index in [9.17, 15) is 4.79 Å². The lowest BCUT2D eigenvalue weighted by Gasteiger charge is -2.59. The van der Waals surface area contributed by atoms with E-state index in [1.165, 1.54) is 31.4 Å². The third kappa shape index (κ3) is 2.14. The van der Waals surface area contributed by atoms with Crippen LogP contribution >= 0.6 is 0 Å². The first kappa shape index (κ1) is 15.7. The van der Waals surface area contributed by atoms with Gasteiger partial charge in [-0.15, -0.1) is 0 Å². The number of hydrogen-bond donors (Lipinski definition) is 0. The van der Waals surface area contributed by atoms with Gasteiger partial charge in [-0.05, 0) is 80.5 Å². The first-order chi connectivity index (χ1) is 11.0. The van der Waals surface area contributed by atoms with E-state index in [0.717, 1.165) is 49.9 Å². The van der Waals surface area contributed by atoms with Crippen LogP contribution < -0.4 is 0 Å². The molecule has 1 unspecified atom stereocenters. The van der Waals surface area contributed by atoms with Gasteiger partial charge in [0.25, 0.3) is 0 Å². The average Bonchev–Trinajstić information content (AvgIpc) is 2.84. The number of ketones is 1. The van der Waals surface area contributed by atoms with Gasteiger partial charge in [0.15, 0.2) is 0 Å². The van der Waals surface area contributed by atoms with Crippen LogP contribution in [0.5, 0.6) is 0 Å². The Morgan fingerprint density at radius 1 is 1.04 bits per heavy atom. The van der Waals surface area contributed by atoms with Gasteiger partial charge < -0.3 is 4.84 Å². The van der Waals surface area contributed by atoms with Crippen LogP contribution in [0, 0.1) is 34.5 Å². The molecule has 0 saturated heterocycles. The van der Waals surface area contributed by atoms with E-state index in [4.69, 9.17) is 4.84 Å². The lowest BCUT2D eigenvalue weighted by Crippen LogP contribution is -2.53. The molecule has 4 aliphatic rings. The lowest BCUT2D eigenvalue weighted by atomic mass is 9.45. The topological polar surface area (TPSA) is 38.7 Å². The molecule has 0 heterocycles. The first-order valence-corrected chi connectivity index (χ1v) is 9.61. The van der Waals surface area contributed by atoms with Crippen molar-refractivity contribution in [3.63, 3.8) is 0 Å². The van der Waals surface area contributed by atoms with Crippen LogP contribution in [0.3, 0.4) is 0 Å². The van der Waals surface area contributed by atoms with E-state index in [1.807, 2.05) is 0 Å². The van der Waals surface area contributed by atoms with Crippen LogP contribution in [0.4, 0.5) is 0 Å². The Labute approximate surface area is 140 Å².